The highest BCUT2D eigenvalue weighted by molar-refractivity contribution is 5.72. The van der Waals surface area contributed by atoms with E-state index in [0.717, 1.165) is 5.56 Å². The Bertz CT molecular complexity index is 420. The molecule has 1 aromatic carbocycles. The number of nitrogens with zero attached hydrogens (tertiary/aromatic N) is 1. The number of benzene rings is 1. The molecule has 5 heteroatoms. The number of hydrogen-bond acceptors (Lipinski definition) is 1. The molecule has 19 heavy (non-hydrogen) atoms. The van der Waals surface area contributed by atoms with Crippen LogP contribution in [0, 0.1) is 0 Å². The van der Waals surface area contributed by atoms with Crippen molar-refractivity contribution in [2.45, 2.75) is 19.1 Å². The minimum Gasteiger partial charge on any atom is -1.00 e. The maximum Gasteiger partial charge on any atom is 0.343 e. The fraction of sp³-hybridized carbons (Fsp3) is 0.357. The Kier molecular flexibility index (Phi) is 7.87. The molecule has 106 valence electrons. The van der Waals surface area contributed by atoms with Crippen molar-refractivity contribution in [3.8, 4) is 0 Å². The summed E-state index contributed by atoms with van der Waals surface area (Å²) in [6.45, 7) is 6.15. The van der Waals surface area contributed by atoms with Crippen LogP contribution in [0.25, 0.3) is 0 Å². The maximum absolute atomic E-state index is 10.3. The van der Waals surface area contributed by atoms with Crippen molar-refractivity contribution in [3.05, 3.63) is 48.6 Å². The van der Waals surface area contributed by atoms with Crippen molar-refractivity contribution < 1.29 is 22.1 Å². The molecule has 1 aromatic rings. The Hall–Kier alpha value is -1.52. The van der Waals surface area contributed by atoms with Crippen molar-refractivity contribution in [2.24, 2.45) is 5.73 Å². The average Bonchev–Trinajstić information content (AvgIpc) is 2.43. The number of aliphatic hydroxyl groups is 1. The second kappa shape index (κ2) is 8.56. The van der Waals surface area contributed by atoms with Gasteiger partial charge >= 0.3 is 5.96 Å². The second-order valence-electron chi connectivity index (χ2n) is 4.26. The van der Waals surface area contributed by atoms with Crippen LogP contribution in [0.5, 0.6) is 0 Å². The minimum atomic E-state index is -0.583. The molecule has 0 radical (unpaired) electrons. The highest BCUT2D eigenvalue weighted by Gasteiger charge is 2.21. The van der Waals surface area contributed by atoms with E-state index in [-0.39, 0.29) is 18.4 Å². The number of halogens is 1. The van der Waals surface area contributed by atoms with Gasteiger partial charge in [0.05, 0.1) is 13.6 Å². The molecular weight excluding hydrogens is 262 g/mol. The molecule has 1 rings (SSSR count). The molecule has 0 aliphatic carbocycles. The summed E-state index contributed by atoms with van der Waals surface area (Å²) in [5.74, 6) is 0.525. The van der Waals surface area contributed by atoms with Crippen LogP contribution < -0.4 is 23.5 Å². The van der Waals surface area contributed by atoms with E-state index in [1.165, 1.54) is 0 Å². The number of guanidine groups is 1. The molecule has 0 unspecified atom stereocenters. The summed E-state index contributed by atoms with van der Waals surface area (Å²) in [6.07, 6.45) is 1.15. The first kappa shape index (κ1) is 17.5. The minimum absolute atomic E-state index is 0. The highest BCUT2D eigenvalue weighted by Crippen LogP contribution is 2.17. The van der Waals surface area contributed by atoms with Crippen molar-refractivity contribution in [1.82, 2.24) is 5.32 Å². The van der Waals surface area contributed by atoms with Gasteiger partial charge in [-0.05, 0) is 12.5 Å². The zero-order valence-electron chi connectivity index (χ0n) is 11.4. The number of nitrogens with one attached hydrogen (secondary N) is 1. The van der Waals surface area contributed by atoms with Crippen LogP contribution in [0.3, 0.4) is 0 Å². The zero-order chi connectivity index (χ0) is 13.5. The molecule has 0 fully saturated rings. The lowest BCUT2D eigenvalue weighted by molar-refractivity contribution is -0.549. The first-order valence-corrected chi connectivity index (χ1v) is 6.01. The quantitative estimate of drug-likeness (QED) is 0.250. The van der Waals surface area contributed by atoms with Gasteiger partial charge in [0.1, 0.15) is 12.1 Å². The molecule has 0 spiro atoms. The van der Waals surface area contributed by atoms with Crippen molar-refractivity contribution in [2.75, 3.05) is 13.6 Å². The first-order valence-electron chi connectivity index (χ1n) is 6.01. The van der Waals surface area contributed by atoms with Crippen molar-refractivity contribution >= 4 is 5.96 Å². The van der Waals surface area contributed by atoms with Crippen LogP contribution in [0.2, 0.25) is 0 Å². The predicted molar refractivity (Wildman–Crippen MR) is 74.4 cm³/mol. The molecule has 4 N–H and O–H groups in total. The molecule has 0 aliphatic heterocycles. The summed E-state index contributed by atoms with van der Waals surface area (Å²) in [6, 6.07) is 9.44. The smallest absolute Gasteiger partial charge is 0.343 e. The van der Waals surface area contributed by atoms with Crippen LogP contribution in [-0.4, -0.2) is 35.3 Å². The fourth-order valence-electron chi connectivity index (χ4n) is 1.66. The first-order chi connectivity index (χ1) is 8.57. The summed E-state index contributed by atoms with van der Waals surface area (Å²) >= 11 is 0. The van der Waals surface area contributed by atoms with Gasteiger partial charge in [0, 0.05) is 0 Å². The summed E-state index contributed by atoms with van der Waals surface area (Å²) in [5, 5.41) is 13.3. The molecule has 0 aliphatic rings. The van der Waals surface area contributed by atoms with Crippen LogP contribution in [0.1, 0.15) is 18.6 Å². The predicted octanol–water partition coefficient (Wildman–Crippen LogP) is -2.15. The van der Waals surface area contributed by atoms with E-state index < -0.39 is 6.10 Å². The van der Waals surface area contributed by atoms with Crippen molar-refractivity contribution in [3.63, 3.8) is 0 Å². The Balaban J connectivity index is 0.00000324. The lowest BCUT2D eigenvalue weighted by atomic mass is 10.0. The summed E-state index contributed by atoms with van der Waals surface area (Å²) < 4.78 is 1.82. The molecule has 2 atom stereocenters. The van der Waals surface area contributed by atoms with E-state index >= 15 is 0 Å². The van der Waals surface area contributed by atoms with E-state index in [0.29, 0.717) is 12.5 Å². The standard InChI is InChI=1S/C14H21N3O.ClH/c1-4-10-16-14(15)17(3)11(2)13(18)12-8-6-5-7-9-12;/h4-9,11,13,18H,1,10H2,2-3H3,(H2,15,16);1H/t11-,13-;/m0./s1. The summed E-state index contributed by atoms with van der Waals surface area (Å²) in [5.41, 5.74) is 6.78. The van der Waals surface area contributed by atoms with Gasteiger partial charge in [-0.1, -0.05) is 43.0 Å². The fourth-order valence-corrected chi connectivity index (χ4v) is 1.66. The van der Waals surface area contributed by atoms with E-state index in [1.54, 1.807) is 6.08 Å². The third-order valence-electron chi connectivity index (χ3n) is 3.02. The van der Waals surface area contributed by atoms with Gasteiger partial charge in [-0.15, -0.1) is 0 Å². The molecule has 0 heterocycles. The van der Waals surface area contributed by atoms with Crippen LogP contribution in [0.4, 0.5) is 0 Å². The monoisotopic (exact) mass is 283 g/mol. The summed E-state index contributed by atoms with van der Waals surface area (Å²) in [7, 11) is 1.85. The van der Waals surface area contributed by atoms with Crippen LogP contribution in [0.15, 0.2) is 43.0 Å². The van der Waals surface area contributed by atoms with E-state index in [1.807, 2.05) is 48.9 Å². The normalized spacial score (nSPS) is 14.7. The SMILES string of the molecule is C=CCNC(N)=[N+](C)[C@@H](C)[C@H](O)c1ccccc1.[Cl-]. The largest absolute Gasteiger partial charge is 1.00 e. The van der Waals surface area contributed by atoms with Gasteiger partial charge in [0.2, 0.25) is 0 Å². The lowest BCUT2D eigenvalue weighted by Gasteiger charge is -2.20. The number of nitrogens with two attached hydrogens (primary N) is 1. The van der Waals surface area contributed by atoms with Crippen molar-refractivity contribution in [1.29, 1.82) is 0 Å². The number of likely N-dealkylation sites (N-methyl/N-ethyl adjacent to an activating group) is 1. The maximum atomic E-state index is 10.3. The molecule has 0 amide bonds. The lowest BCUT2D eigenvalue weighted by Crippen LogP contribution is -3.00. The number of aliphatic hydroxyl groups excluding tert-OH is 1. The van der Waals surface area contributed by atoms with E-state index in [4.69, 9.17) is 5.73 Å². The average molecular weight is 284 g/mol. The molecule has 0 bridgehead atoms. The molecule has 0 saturated carbocycles. The number of hydrogen-bond donors (Lipinski definition) is 3. The molecule has 4 nitrogen and oxygen atoms in total. The van der Waals surface area contributed by atoms with E-state index in [9.17, 15) is 5.11 Å². The van der Waals surface area contributed by atoms with Gasteiger partial charge in [-0.25, -0.2) is 0 Å². The van der Waals surface area contributed by atoms with Gasteiger partial charge in [-0.3, -0.25) is 15.6 Å². The highest BCUT2D eigenvalue weighted by atomic mass is 35.5. The third kappa shape index (κ3) is 4.93. The third-order valence-corrected chi connectivity index (χ3v) is 3.02. The van der Waals surface area contributed by atoms with Gasteiger partial charge in [0.25, 0.3) is 0 Å². The molecular formula is C14H22ClN3O. The Morgan fingerprint density at radius 2 is 2.05 bits per heavy atom. The summed E-state index contributed by atoms with van der Waals surface area (Å²) in [4.78, 5) is 0. The van der Waals surface area contributed by atoms with E-state index in [2.05, 4.69) is 11.9 Å². The molecule has 0 saturated heterocycles. The van der Waals surface area contributed by atoms with Crippen LogP contribution >= 0.6 is 0 Å². The Morgan fingerprint density at radius 3 is 2.58 bits per heavy atom. The zero-order valence-corrected chi connectivity index (χ0v) is 12.1. The second-order valence-corrected chi connectivity index (χ2v) is 4.26. The van der Waals surface area contributed by atoms with Gasteiger partial charge in [0.15, 0.2) is 0 Å². The van der Waals surface area contributed by atoms with Gasteiger partial charge in [-0.2, -0.15) is 0 Å². The van der Waals surface area contributed by atoms with Gasteiger partial charge < -0.3 is 17.5 Å². The molecule has 0 aromatic heterocycles. The van der Waals surface area contributed by atoms with Crippen LogP contribution in [-0.2, 0) is 0 Å². The topological polar surface area (TPSA) is 61.3 Å². The number of rotatable bonds is 5. The Morgan fingerprint density at radius 1 is 1.47 bits per heavy atom. The Labute approximate surface area is 121 Å².